The van der Waals surface area contributed by atoms with Gasteiger partial charge in [0.1, 0.15) is 0 Å². The minimum absolute atomic E-state index is 0.0106. The fourth-order valence-corrected chi connectivity index (χ4v) is 8.09. The van der Waals surface area contributed by atoms with Crippen molar-refractivity contribution >= 4 is 50.9 Å². The van der Waals surface area contributed by atoms with Gasteiger partial charge in [-0.15, -0.1) is 0 Å². The smallest absolute Gasteiger partial charge is 0.307 e. The summed E-state index contributed by atoms with van der Waals surface area (Å²) in [4.78, 5) is 12.6. The maximum atomic E-state index is 14.1. The first kappa shape index (κ1) is 24.3. The molecule has 2 aromatic rings. The van der Waals surface area contributed by atoms with Crippen LogP contribution >= 0.6 is 35.1 Å². The zero-order valence-corrected chi connectivity index (χ0v) is 20.7. The van der Waals surface area contributed by atoms with E-state index in [1.165, 1.54) is 42.5 Å². The fraction of sp³-hybridized carbons (Fsp3) is 0.250. The summed E-state index contributed by atoms with van der Waals surface area (Å²) in [6, 6.07) is 11.8. The third-order valence-corrected chi connectivity index (χ3v) is 9.60. The Hall–Kier alpha value is -1.32. The van der Waals surface area contributed by atoms with Crippen molar-refractivity contribution in [3.05, 3.63) is 75.2 Å². The summed E-state index contributed by atoms with van der Waals surface area (Å²) < 4.78 is 54.5. The molecule has 11 heteroatoms. The molecule has 0 heterocycles. The first-order chi connectivity index (χ1) is 14.6. The highest BCUT2D eigenvalue weighted by Gasteiger charge is 2.57. The minimum Gasteiger partial charge on any atom is -0.307 e. The number of carbonyl (C=O) groups excluding carboxylic acids is 1. The van der Waals surface area contributed by atoms with E-state index < -0.39 is 22.9 Å². The van der Waals surface area contributed by atoms with Crippen LogP contribution in [0.25, 0.3) is 0 Å². The van der Waals surface area contributed by atoms with Crippen molar-refractivity contribution in [2.24, 2.45) is 0 Å². The molecule has 1 aliphatic carbocycles. The number of halogens is 2. The normalized spacial score (nSPS) is 19.1. The molecule has 1 unspecified atom stereocenters. The van der Waals surface area contributed by atoms with Crippen LogP contribution in [0, 0.1) is 0 Å². The van der Waals surface area contributed by atoms with Gasteiger partial charge in [0.25, 0.3) is 0 Å². The Morgan fingerprint density at radius 2 is 1.65 bits per heavy atom. The van der Waals surface area contributed by atoms with Crippen LogP contribution in [0.1, 0.15) is 29.8 Å². The summed E-state index contributed by atoms with van der Waals surface area (Å²) in [5.41, 5.74) is 0.348. The standard InChI is InChI=1S/C20H20BrClNO6PS/c1-3-28-30(25,29-4-2)20(23-31(26,27)15-11-9-14(22)10-12-15)13-18(21)19(24)16-7-5-6-8-17(16)20/h5-13,23H,3-4H2,1-2H3. The molecule has 1 aliphatic rings. The molecule has 0 spiro atoms. The van der Waals surface area contributed by atoms with E-state index in [2.05, 4.69) is 20.7 Å². The van der Waals surface area contributed by atoms with Gasteiger partial charge in [0, 0.05) is 16.1 Å². The second-order valence-electron chi connectivity index (χ2n) is 6.53. The van der Waals surface area contributed by atoms with Crippen molar-refractivity contribution in [3.8, 4) is 0 Å². The van der Waals surface area contributed by atoms with Gasteiger partial charge in [0.15, 0.2) is 11.1 Å². The van der Waals surface area contributed by atoms with Crippen molar-refractivity contribution in [2.75, 3.05) is 13.2 Å². The molecule has 0 bridgehead atoms. The molecule has 31 heavy (non-hydrogen) atoms. The van der Waals surface area contributed by atoms with E-state index in [1.54, 1.807) is 26.0 Å². The number of hydrogen-bond donors (Lipinski definition) is 1. The molecule has 0 saturated heterocycles. The van der Waals surface area contributed by atoms with Crippen molar-refractivity contribution < 1.29 is 26.8 Å². The van der Waals surface area contributed by atoms with Gasteiger partial charge in [-0.2, -0.15) is 4.72 Å². The van der Waals surface area contributed by atoms with Crippen LogP contribution in [0.15, 0.2) is 64.0 Å². The van der Waals surface area contributed by atoms with Gasteiger partial charge in [0.05, 0.1) is 22.6 Å². The molecule has 0 radical (unpaired) electrons. The number of ketones is 1. The van der Waals surface area contributed by atoms with Crippen molar-refractivity contribution in [3.63, 3.8) is 0 Å². The Kier molecular flexibility index (Phi) is 7.28. The van der Waals surface area contributed by atoms with Gasteiger partial charge >= 0.3 is 7.60 Å². The Labute approximate surface area is 194 Å². The van der Waals surface area contributed by atoms with Crippen LogP contribution in [-0.2, 0) is 28.9 Å². The molecule has 1 atom stereocenters. The van der Waals surface area contributed by atoms with Crippen molar-refractivity contribution in [1.29, 1.82) is 0 Å². The molecule has 0 aliphatic heterocycles. The van der Waals surface area contributed by atoms with Crippen molar-refractivity contribution in [1.82, 2.24) is 4.72 Å². The second-order valence-corrected chi connectivity index (χ2v) is 11.7. The average molecular weight is 549 g/mol. The number of benzene rings is 2. The van der Waals surface area contributed by atoms with Gasteiger partial charge in [-0.05, 0) is 60.1 Å². The third-order valence-electron chi connectivity index (χ3n) is 4.58. The molecule has 0 fully saturated rings. The maximum Gasteiger partial charge on any atom is 0.360 e. The molecule has 166 valence electrons. The summed E-state index contributed by atoms with van der Waals surface area (Å²) in [5.74, 6) is -0.378. The Bertz CT molecular complexity index is 1170. The van der Waals surface area contributed by atoms with Crippen LogP contribution in [-0.4, -0.2) is 27.4 Å². The largest absolute Gasteiger partial charge is 0.360 e. The van der Waals surface area contributed by atoms with Gasteiger partial charge in [-0.1, -0.05) is 35.9 Å². The van der Waals surface area contributed by atoms with Crippen molar-refractivity contribution in [2.45, 2.75) is 24.0 Å². The molecular weight excluding hydrogens is 529 g/mol. The minimum atomic E-state index is -4.26. The molecule has 2 aromatic carbocycles. The van der Waals surface area contributed by atoms with Crippen LogP contribution in [0.3, 0.4) is 0 Å². The Balaban J connectivity index is 2.32. The molecule has 0 amide bonds. The molecule has 3 rings (SSSR count). The predicted octanol–water partition coefficient (Wildman–Crippen LogP) is 5.21. The van der Waals surface area contributed by atoms with E-state index in [0.717, 1.165) is 0 Å². The summed E-state index contributed by atoms with van der Waals surface area (Å²) in [6.07, 6.45) is 1.25. The van der Waals surface area contributed by atoms with E-state index in [0.29, 0.717) is 5.02 Å². The predicted molar refractivity (Wildman–Crippen MR) is 122 cm³/mol. The fourth-order valence-electron chi connectivity index (χ4n) is 3.29. The summed E-state index contributed by atoms with van der Waals surface area (Å²) >= 11 is 9.08. The number of rotatable bonds is 8. The lowest BCUT2D eigenvalue weighted by atomic mass is 9.92. The van der Waals surface area contributed by atoms with Crippen LogP contribution in [0.2, 0.25) is 5.02 Å². The molecule has 0 saturated carbocycles. The highest BCUT2D eigenvalue weighted by Crippen LogP contribution is 2.66. The van der Waals surface area contributed by atoms with Gasteiger partial charge in [0.2, 0.25) is 10.0 Å². The average Bonchev–Trinajstić information content (AvgIpc) is 2.72. The van der Waals surface area contributed by atoms with Gasteiger partial charge < -0.3 is 9.05 Å². The number of nitrogens with one attached hydrogen (secondary N) is 1. The van der Waals surface area contributed by atoms with E-state index in [4.69, 9.17) is 20.6 Å². The molecular formula is C20H20BrClNO6PS. The van der Waals surface area contributed by atoms with E-state index >= 15 is 0 Å². The Morgan fingerprint density at radius 3 is 2.23 bits per heavy atom. The van der Waals surface area contributed by atoms with Gasteiger partial charge in [-0.3, -0.25) is 9.36 Å². The highest BCUT2D eigenvalue weighted by molar-refractivity contribution is 9.12. The van der Waals surface area contributed by atoms with Crippen LogP contribution in [0.5, 0.6) is 0 Å². The lowest BCUT2D eigenvalue weighted by Gasteiger charge is -2.40. The second kappa shape index (κ2) is 9.27. The van der Waals surface area contributed by atoms with Gasteiger partial charge in [-0.25, -0.2) is 8.42 Å². The van der Waals surface area contributed by atoms with E-state index in [-0.39, 0.29) is 39.5 Å². The third kappa shape index (κ3) is 4.46. The lowest BCUT2D eigenvalue weighted by Crippen LogP contribution is -2.47. The monoisotopic (exact) mass is 547 g/mol. The number of sulfonamides is 1. The summed E-state index contributed by atoms with van der Waals surface area (Å²) in [6.45, 7) is 3.21. The summed E-state index contributed by atoms with van der Waals surface area (Å²) in [7, 11) is -8.48. The zero-order chi connectivity index (χ0) is 22.9. The van der Waals surface area contributed by atoms with E-state index in [1.807, 2.05) is 0 Å². The molecule has 0 aromatic heterocycles. The molecule has 1 N–H and O–H groups in total. The number of hydrogen-bond acceptors (Lipinski definition) is 6. The quantitative estimate of drug-likeness (QED) is 0.455. The zero-order valence-electron chi connectivity index (χ0n) is 16.7. The number of fused-ring (bicyclic) bond motifs is 1. The number of Topliss-reactive ketones (excluding diaryl/α,β-unsaturated/α-hetero) is 1. The lowest BCUT2D eigenvalue weighted by molar-refractivity contribution is 0.103. The SMILES string of the molecule is CCOP(=O)(OCC)C1(NS(=O)(=O)c2ccc(Cl)cc2)C=C(Br)C(=O)c2ccccc21. The number of carbonyl (C=O) groups is 1. The topological polar surface area (TPSA) is 98.8 Å². The molecule has 7 nitrogen and oxygen atoms in total. The first-order valence-electron chi connectivity index (χ1n) is 9.31. The van der Waals surface area contributed by atoms with E-state index in [9.17, 15) is 17.8 Å². The van der Waals surface area contributed by atoms with Crippen LogP contribution in [0.4, 0.5) is 0 Å². The van der Waals surface area contributed by atoms with Crippen LogP contribution < -0.4 is 4.72 Å². The summed E-state index contributed by atoms with van der Waals surface area (Å²) in [5, 5.41) is -1.62. The number of allylic oxidation sites excluding steroid dienone is 1. The maximum absolute atomic E-state index is 14.1. The Morgan fingerprint density at radius 1 is 1.06 bits per heavy atom. The highest BCUT2D eigenvalue weighted by atomic mass is 79.9. The first-order valence-corrected chi connectivity index (χ1v) is 13.5.